The zero-order chi connectivity index (χ0) is 17.3. The fraction of sp³-hybridized carbons (Fsp3) is 0.375. The van der Waals surface area contributed by atoms with E-state index in [9.17, 15) is 13.5 Å². The van der Waals surface area contributed by atoms with E-state index >= 15 is 0 Å². The van der Waals surface area contributed by atoms with Gasteiger partial charge in [-0.05, 0) is 29.8 Å². The van der Waals surface area contributed by atoms with Crippen LogP contribution in [0, 0.1) is 17.2 Å². The number of hydrogen-bond donors (Lipinski definition) is 1. The van der Waals surface area contributed by atoms with Crippen molar-refractivity contribution in [2.75, 3.05) is 19.7 Å². The molecule has 24 heavy (non-hydrogen) atoms. The molecule has 126 valence electrons. The Hall–Kier alpha value is -2.21. The molecule has 1 fully saturated rings. The Morgan fingerprint density at radius 1 is 1.33 bits per heavy atom. The maximum Gasteiger partial charge on any atom is 0.243 e. The third-order valence-electron chi connectivity index (χ3n) is 4.42. The van der Waals surface area contributed by atoms with Gasteiger partial charge in [0, 0.05) is 44.8 Å². The first-order valence-corrected chi connectivity index (χ1v) is 8.99. The van der Waals surface area contributed by atoms with E-state index in [-0.39, 0.29) is 29.9 Å². The van der Waals surface area contributed by atoms with E-state index in [0.29, 0.717) is 12.1 Å². The van der Waals surface area contributed by atoms with E-state index in [1.807, 2.05) is 12.3 Å². The van der Waals surface area contributed by atoms with Crippen molar-refractivity contribution in [1.29, 1.82) is 5.26 Å². The highest BCUT2D eigenvalue weighted by atomic mass is 32.2. The summed E-state index contributed by atoms with van der Waals surface area (Å²) >= 11 is 0. The molecule has 8 heteroatoms. The van der Waals surface area contributed by atoms with Crippen molar-refractivity contribution in [2.24, 2.45) is 13.0 Å². The van der Waals surface area contributed by atoms with Crippen LogP contribution in [0.2, 0.25) is 0 Å². The highest BCUT2D eigenvalue weighted by Crippen LogP contribution is 2.35. The maximum atomic E-state index is 12.8. The van der Waals surface area contributed by atoms with Gasteiger partial charge in [-0.1, -0.05) is 0 Å². The molecule has 7 nitrogen and oxygen atoms in total. The lowest BCUT2D eigenvalue weighted by Crippen LogP contribution is -2.29. The number of nitrogens with zero attached hydrogens (tertiary/aromatic N) is 4. The zero-order valence-electron chi connectivity index (χ0n) is 13.2. The number of sulfonamides is 1. The molecule has 0 spiro atoms. The van der Waals surface area contributed by atoms with Crippen LogP contribution in [0.15, 0.2) is 41.6 Å². The second kappa shape index (κ2) is 6.36. The van der Waals surface area contributed by atoms with Gasteiger partial charge in [-0.25, -0.2) is 8.42 Å². The second-order valence-corrected chi connectivity index (χ2v) is 7.89. The van der Waals surface area contributed by atoms with Crippen molar-refractivity contribution in [1.82, 2.24) is 14.1 Å². The lowest BCUT2D eigenvalue weighted by atomic mass is 9.92. The highest BCUT2D eigenvalue weighted by molar-refractivity contribution is 7.89. The Kier molecular flexibility index (Phi) is 4.41. The average Bonchev–Trinajstić information content (AvgIpc) is 3.21. The minimum Gasteiger partial charge on any atom is -0.396 e. The summed E-state index contributed by atoms with van der Waals surface area (Å²) in [5, 5.41) is 22.6. The van der Waals surface area contributed by atoms with Crippen molar-refractivity contribution in [3.05, 3.63) is 47.8 Å². The van der Waals surface area contributed by atoms with Crippen LogP contribution < -0.4 is 0 Å². The molecule has 0 bridgehead atoms. The third kappa shape index (κ3) is 2.94. The SMILES string of the molecule is Cn1cc([C@@H]2CN(S(=O)(=O)c3ccc(C#N)cc3)C[C@H]2CO)cn1. The van der Waals surface area contributed by atoms with E-state index in [1.165, 1.54) is 28.6 Å². The molecule has 1 aliphatic heterocycles. The topological polar surface area (TPSA) is 99.2 Å². The molecule has 3 rings (SSSR count). The number of hydrogen-bond acceptors (Lipinski definition) is 5. The molecule has 0 saturated carbocycles. The minimum absolute atomic E-state index is 0.0844. The van der Waals surface area contributed by atoms with Crippen molar-refractivity contribution in [3.8, 4) is 6.07 Å². The Labute approximate surface area is 140 Å². The molecule has 0 unspecified atom stereocenters. The van der Waals surface area contributed by atoms with Crippen LogP contribution in [0.4, 0.5) is 0 Å². The normalized spacial score (nSPS) is 21.7. The summed E-state index contributed by atoms with van der Waals surface area (Å²) in [7, 11) is -1.85. The Morgan fingerprint density at radius 2 is 2.04 bits per heavy atom. The fourth-order valence-corrected chi connectivity index (χ4v) is 4.60. The second-order valence-electron chi connectivity index (χ2n) is 5.95. The van der Waals surface area contributed by atoms with Gasteiger partial charge < -0.3 is 5.11 Å². The van der Waals surface area contributed by atoms with Gasteiger partial charge in [-0.3, -0.25) is 4.68 Å². The standard InChI is InChI=1S/C16H18N4O3S/c1-19-8-13(7-18-19)16-10-20(9-14(16)11-21)24(22,23)15-4-2-12(6-17)3-5-15/h2-5,7-8,14,16,21H,9-11H2,1H3/t14-,16-/m0/s1. The number of aliphatic hydroxyl groups is 1. The Balaban J connectivity index is 1.87. The molecule has 2 heterocycles. The van der Waals surface area contributed by atoms with Crippen molar-refractivity contribution in [2.45, 2.75) is 10.8 Å². The van der Waals surface area contributed by atoms with Crippen LogP contribution in [0.1, 0.15) is 17.0 Å². The molecular weight excluding hydrogens is 328 g/mol. The minimum atomic E-state index is -3.66. The van der Waals surface area contributed by atoms with Crippen LogP contribution in [0.5, 0.6) is 0 Å². The third-order valence-corrected chi connectivity index (χ3v) is 6.26. The molecule has 1 N–H and O–H groups in total. The van der Waals surface area contributed by atoms with Crippen LogP contribution in [-0.2, 0) is 17.1 Å². The Bertz CT molecular complexity index is 867. The van der Waals surface area contributed by atoms with Gasteiger partial charge in [0.25, 0.3) is 0 Å². The van der Waals surface area contributed by atoms with Gasteiger partial charge in [-0.2, -0.15) is 14.7 Å². The van der Waals surface area contributed by atoms with Gasteiger partial charge in [0.2, 0.25) is 10.0 Å². The predicted octanol–water partition coefficient (Wildman–Crippen LogP) is 0.688. The van der Waals surface area contributed by atoms with Crippen molar-refractivity contribution >= 4 is 10.0 Å². The van der Waals surface area contributed by atoms with E-state index in [2.05, 4.69) is 5.10 Å². The van der Waals surface area contributed by atoms with Crippen molar-refractivity contribution < 1.29 is 13.5 Å². The molecule has 2 atom stereocenters. The molecule has 0 radical (unpaired) electrons. The number of rotatable bonds is 4. The van der Waals surface area contributed by atoms with Crippen LogP contribution in [0.25, 0.3) is 0 Å². The summed E-state index contributed by atoms with van der Waals surface area (Å²) in [5.74, 6) is -0.251. The molecule has 1 saturated heterocycles. The molecule has 2 aromatic rings. The van der Waals surface area contributed by atoms with Gasteiger partial charge >= 0.3 is 0 Å². The highest BCUT2D eigenvalue weighted by Gasteiger charge is 2.40. The average molecular weight is 346 g/mol. The van der Waals surface area contributed by atoms with E-state index in [1.54, 1.807) is 17.9 Å². The van der Waals surface area contributed by atoms with E-state index in [4.69, 9.17) is 5.26 Å². The summed E-state index contributed by atoms with van der Waals surface area (Å²) in [4.78, 5) is 0.157. The summed E-state index contributed by atoms with van der Waals surface area (Å²) < 4.78 is 28.7. The first-order valence-electron chi connectivity index (χ1n) is 7.55. The lowest BCUT2D eigenvalue weighted by Gasteiger charge is -2.16. The monoisotopic (exact) mass is 346 g/mol. The molecule has 1 aromatic heterocycles. The largest absolute Gasteiger partial charge is 0.396 e. The quantitative estimate of drug-likeness (QED) is 0.878. The van der Waals surface area contributed by atoms with Gasteiger partial charge in [-0.15, -0.1) is 0 Å². The maximum absolute atomic E-state index is 12.8. The predicted molar refractivity (Wildman–Crippen MR) is 86.4 cm³/mol. The Morgan fingerprint density at radius 3 is 2.58 bits per heavy atom. The van der Waals surface area contributed by atoms with Crippen molar-refractivity contribution in [3.63, 3.8) is 0 Å². The van der Waals surface area contributed by atoms with Crippen LogP contribution in [-0.4, -0.2) is 47.3 Å². The summed E-state index contributed by atoms with van der Waals surface area (Å²) in [6, 6.07) is 7.84. The number of aromatic nitrogens is 2. The molecule has 0 amide bonds. The number of benzene rings is 1. The molecule has 1 aromatic carbocycles. The van der Waals surface area contributed by atoms with Gasteiger partial charge in [0.15, 0.2) is 0 Å². The number of nitriles is 1. The molecule has 0 aliphatic carbocycles. The van der Waals surface area contributed by atoms with Gasteiger partial charge in [0.05, 0.1) is 22.7 Å². The summed E-state index contributed by atoms with van der Waals surface area (Å²) in [6.07, 6.45) is 3.57. The smallest absolute Gasteiger partial charge is 0.243 e. The first-order chi connectivity index (χ1) is 11.5. The van der Waals surface area contributed by atoms with Gasteiger partial charge in [0.1, 0.15) is 0 Å². The van der Waals surface area contributed by atoms with E-state index in [0.717, 1.165) is 5.56 Å². The number of aliphatic hydroxyl groups excluding tert-OH is 1. The van der Waals surface area contributed by atoms with E-state index < -0.39 is 10.0 Å². The summed E-state index contributed by atoms with van der Waals surface area (Å²) in [5.41, 5.74) is 1.34. The summed E-state index contributed by atoms with van der Waals surface area (Å²) in [6.45, 7) is 0.483. The van der Waals surface area contributed by atoms with Crippen LogP contribution in [0.3, 0.4) is 0 Å². The zero-order valence-corrected chi connectivity index (χ0v) is 14.0. The lowest BCUT2D eigenvalue weighted by molar-refractivity contribution is 0.223. The molecular formula is C16H18N4O3S. The fourth-order valence-electron chi connectivity index (χ4n) is 3.07. The number of aryl methyl sites for hydroxylation is 1. The first kappa shape index (κ1) is 16.6. The molecule has 1 aliphatic rings. The van der Waals surface area contributed by atoms with Crippen LogP contribution >= 0.6 is 0 Å².